The van der Waals surface area contributed by atoms with Gasteiger partial charge in [0.05, 0.1) is 10.6 Å². The number of hydrogen-bond acceptors (Lipinski definition) is 8. The van der Waals surface area contributed by atoms with Crippen LogP contribution in [0.25, 0.3) is 21.7 Å². The van der Waals surface area contributed by atoms with Crippen molar-refractivity contribution in [2.75, 3.05) is 11.1 Å². The molecule has 166 valence electrons. The predicted octanol–water partition coefficient (Wildman–Crippen LogP) is 4.15. The van der Waals surface area contributed by atoms with Crippen LogP contribution in [0.1, 0.15) is 50.0 Å². The third kappa shape index (κ3) is 4.18. The van der Waals surface area contributed by atoms with E-state index in [1.807, 2.05) is 25.3 Å². The number of nitrogen functional groups attached to an aromatic ring is 1. The lowest BCUT2D eigenvalue weighted by Gasteiger charge is -2.16. The van der Waals surface area contributed by atoms with E-state index in [0.29, 0.717) is 24.8 Å². The fourth-order valence-corrected chi connectivity index (χ4v) is 5.12. The molecule has 1 aliphatic rings. The van der Waals surface area contributed by atoms with Crippen LogP contribution in [-0.4, -0.2) is 30.5 Å². The normalized spacial score (nSPS) is 15.4. The van der Waals surface area contributed by atoms with Gasteiger partial charge in [-0.1, -0.05) is 25.0 Å². The van der Waals surface area contributed by atoms with Crippen LogP contribution in [-0.2, 0) is 13.0 Å². The van der Waals surface area contributed by atoms with Crippen LogP contribution in [0.4, 0.5) is 11.8 Å². The molecule has 0 spiro atoms. The van der Waals surface area contributed by atoms with E-state index in [1.165, 1.54) is 12.8 Å². The molecule has 1 aliphatic carbocycles. The van der Waals surface area contributed by atoms with Crippen LogP contribution < -0.4 is 16.8 Å². The Balaban J connectivity index is 1.44. The van der Waals surface area contributed by atoms with Gasteiger partial charge in [-0.2, -0.15) is 9.97 Å². The molecular weight excluding hydrogens is 420 g/mol. The Morgan fingerprint density at radius 3 is 2.72 bits per heavy atom. The minimum absolute atomic E-state index is 0.0154. The van der Waals surface area contributed by atoms with E-state index in [0.717, 1.165) is 46.0 Å². The predicted molar refractivity (Wildman–Crippen MR) is 129 cm³/mol. The topological polar surface area (TPSA) is 121 Å². The second-order valence-electron chi connectivity index (χ2n) is 8.50. The number of fused-ring (bicyclic) bond motifs is 1. The van der Waals surface area contributed by atoms with Gasteiger partial charge in [-0.3, -0.25) is 4.98 Å². The van der Waals surface area contributed by atoms with Crippen molar-refractivity contribution in [3.63, 3.8) is 0 Å². The highest BCUT2D eigenvalue weighted by Gasteiger charge is 2.25. The molecule has 5 N–H and O–H groups in total. The number of imidazole rings is 1. The van der Waals surface area contributed by atoms with Crippen LogP contribution >= 0.6 is 11.3 Å². The zero-order valence-electron chi connectivity index (χ0n) is 18.2. The van der Waals surface area contributed by atoms with Crippen LogP contribution in [0, 0.1) is 0 Å². The Hall–Kier alpha value is -3.04. The largest absolute Gasteiger partial charge is 0.368 e. The number of nitrogens with zero attached hydrogens (tertiary/aromatic N) is 5. The van der Waals surface area contributed by atoms with Gasteiger partial charge in [-0.15, -0.1) is 11.3 Å². The van der Waals surface area contributed by atoms with E-state index in [2.05, 4.69) is 42.3 Å². The fraction of sp³-hybridized carbons (Fsp3) is 0.391. The molecule has 4 heterocycles. The quantitative estimate of drug-likeness (QED) is 0.388. The summed E-state index contributed by atoms with van der Waals surface area (Å²) in [4.78, 5) is 19.7. The van der Waals surface area contributed by atoms with E-state index >= 15 is 0 Å². The molecule has 1 unspecified atom stereocenters. The first-order valence-corrected chi connectivity index (χ1v) is 12.0. The number of aromatic nitrogens is 5. The van der Waals surface area contributed by atoms with Crippen molar-refractivity contribution in [2.24, 2.45) is 5.73 Å². The smallest absolute Gasteiger partial charge is 0.224 e. The molecule has 0 aromatic carbocycles. The summed E-state index contributed by atoms with van der Waals surface area (Å²) in [6, 6.07) is 8.64. The molecule has 9 heteroatoms. The number of thiophene rings is 1. The third-order valence-corrected chi connectivity index (χ3v) is 6.78. The van der Waals surface area contributed by atoms with E-state index in [9.17, 15) is 0 Å². The molecule has 0 radical (unpaired) electrons. The molecule has 0 amide bonds. The Labute approximate surface area is 191 Å². The second-order valence-corrected chi connectivity index (χ2v) is 9.45. The number of rotatable bonds is 7. The Morgan fingerprint density at radius 2 is 2.03 bits per heavy atom. The average molecular weight is 449 g/mol. The standard InChI is InChI=1S/C23H28N8S/c1-14(24)11-19-28-20-21(29-23(25)30-22(20)31(19)16-5-2-3-6-16)27-13-15-8-9-17(26-12-15)18-7-4-10-32-18/h4,7-10,12,14,16H,2-3,5-6,11,13,24H2,1H3,(H3,25,27,29,30). The van der Waals surface area contributed by atoms with Crippen LogP contribution in [0.2, 0.25) is 0 Å². The van der Waals surface area contributed by atoms with Crippen molar-refractivity contribution >= 4 is 34.3 Å². The minimum atomic E-state index is 0.0154. The summed E-state index contributed by atoms with van der Waals surface area (Å²) in [7, 11) is 0. The maximum Gasteiger partial charge on any atom is 0.224 e. The maximum atomic E-state index is 6.13. The Kier molecular flexibility index (Phi) is 5.75. The van der Waals surface area contributed by atoms with Crippen molar-refractivity contribution < 1.29 is 0 Å². The highest BCUT2D eigenvalue weighted by atomic mass is 32.1. The molecule has 0 bridgehead atoms. The van der Waals surface area contributed by atoms with Gasteiger partial charge in [0.15, 0.2) is 17.0 Å². The third-order valence-electron chi connectivity index (χ3n) is 5.88. The number of pyridine rings is 1. The van der Waals surface area contributed by atoms with Gasteiger partial charge in [0.2, 0.25) is 5.95 Å². The molecule has 1 saturated carbocycles. The van der Waals surface area contributed by atoms with E-state index < -0.39 is 0 Å². The molecule has 1 atom stereocenters. The molecule has 8 nitrogen and oxygen atoms in total. The highest BCUT2D eigenvalue weighted by Crippen LogP contribution is 2.35. The van der Waals surface area contributed by atoms with Crippen molar-refractivity contribution in [1.82, 2.24) is 24.5 Å². The fourth-order valence-electron chi connectivity index (χ4n) is 4.42. The van der Waals surface area contributed by atoms with Crippen LogP contribution in [0.5, 0.6) is 0 Å². The first kappa shape index (κ1) is 20.8. The first-order chi connectivity index (χ1) is 15.6. The van der Waals surface area contributed by atoms with Gasteiger partial charge in [-0.05, 0) is 42.8 Å². The van der Waals surface area contributed by atoms with Gasteiger partial charge in [0.25, 0.3) is 0 Å². The summed E-state index contributed by atoms with van der Waals surface area (Å²) in [5, 5.41) is 5.47. The zero-order valence-corrected chi connectivity index (χ0v) is 19.0. The summed E-state index contributed by atoms with van der Waals surface area (Å²) in [5.74, 6) is 1.86. The van der Waals surface area contributed by atoms with Gasteiger partial charge >= 0.3 is 0 Å². The van der Waals surface area contributed by atoms with Crippen molar-refractivity contribution in [3.05, 3.63) is 47.2 Å². The lowest BCUT2D eigenvalue weighted by atomic mass is 10.2. The summed E-state index contributed by atoms with van der Waals surface area (Å²) in [6.45, 7) is 2.58. The van der Waals surface area contributed by atoms with Gasteiger partial charge in [-0.25, -0.2) is 4.98 Å². The number of nitrogens with one attached hydrogen (secondary N) is 1. The first-order valence-electron chi connectivity index (χ1n) is 11.1. The van der Waals surface area contributed by atoms with Crippen molar-refractivity contribution in [2.45, 2.75) is 57.7 Å². The van der Waals surface area contributed by atoms with Gasteiger partial charge in [0, 0.05) is 31.2 Å². The molecule has 32 heavy (non-hydrogen) atoms. The van der Waals surface area contributed by atoms with E-state index in [1.54, 1.807) is 11.3 Å². The van der Waals surface area contributed by atoms with E-state index in [4.69, 9.17) is 16.5 Å². The second kappa shape index (κ2) is 8.84. The molecule has 5 rings (SSSR count). The number of nitrogens with two attached hydrogens (primary N) is 2. The lowest BCUT2D eigenvalue weighted by Crippen LogP contribution is -2.21. The molecule has 4 aromatic heterocycles. The summed E-state index contributed by atoms with van der Waals surface area (Å²) in [6.07, 6.45) is 7.30. The monoisotopic (exact) mass is 448 g/mol. The summed E-state index contributed by atoms with van der Waals surface area (Å²) in [5.41, 5.74) is 15.8. The lowest BCUT2D eigenvalue weighted by molar-refractivity contribution is 0.499. The Morgan fingerprint density at radius 1 is 1.19 bits per heavy atom. The number of anilines is 2. The average Bonchev–Trinajstić information content (AvgIpc) is 3.53. The van der Waals surface area contributed by atoms with Crippen LogP contribution in [0.15, 0.2) is 35.8 Å². The number of hydrogen-bond donors (Lipinski definition) is 3. The van der Waals surface area contributed by atoms with Gasteiger partial charge < -0.3 is 21.4 Å². The Bertz CT molecular complexity index is 1190. The molecule has 4 aromatic rings. The molecule has 1 fully saturated rings. The summed E-state index contributed by atoms with van der Waals surface area (Å²) < 4.78 is 2.26. The molecule has 0 saturated heterocycles. The zero-order chi connectivity index (χ0) is 22.1. The van der Waals surface area contributed by atoms with Crippen molar-refractivity contribution in [1.29, 1.82) is 0 Å². The van der Waals surface area contributed by atoms with E-state index in [-0.39, 0.29) is 12.0 Å². The molecule has 0 aliphatic heterocycles. The summed E-state index contributed by atoms with van der Waals surface area (Å²) >= 11 is 1.68. The van der Waals surface area contributed by atoms with Gasteiger partial charge in [0.1, 0.15) is 5.82 Å². The van der Waals surface area contributed by atoms with Crippen molar-refractivity contribution in [3.8, 4) is 10.6 Å². The maximum absolute atomic E-state index is 6.13. The van der Waals surface area contributed by atoms with Crippen LogP contribution in [0.3, 0.4) is 0 Å². The minimum Gasteiger partial charge on any atom is -0.368 e. The highest BCUT2D eigenvalue weighted by molar-refractivity contribution is 7.13. The molecular formula is C23H28N8S. The SMILES string of the molecule is CC(N)Cc1nc2c(NCc3ccc(-c4cccs4)nc3)nc(N)nc2n1C1CCCC1.